The number of likely N-dealkylation sites (tertiary alicyclic amines) is 1. The first-order valence-electron chi connectivity index (χ1n) is 11.0. The van der Waals surface area contributed by atoms with Crippen molar-refractivity contribution in [3.63, 3.8) is 0 Å². The Labute approximate surface area is 190 Å². The Morgan fingerprint density at radius 2 is 2.12 bits per heavy atom. The average Bonchev–Trinajstić information content (AvgIpc) is 3.49. The highest BCUT2D eigenvalue weighted by Gasteiger charge is 2.41. The SMILES string of the molecule is CC1=CN=C(Nc2ccc(N3C[C@@H]4C[C@H]3CN4C)nc2)NC1(N)c1ccc2oc(=O)[nH]c2c1. The second kappa shape index (κ2) is 7.19. The number of oxazole rings is 1. The third-order valence-corrected chi connectivity index (χ3v) is 7.02. The Hall–Kier alpha value is -3.63. The van der Waals surface area contributed by atoms with Crippen LogP contribution in [0.1, 0.15) is 18.9 Å². The highest BCUT2D eigenvalue weighted by molar-refractivity contribution is 5.95. The standard InChI is InChI=1S/C23H26N8O2/c1-13-9-26-21(29-23(13,24)14-3-5-19-18(7-14)28-22(32)33-19)27-15-4-6-20(25-10-15)31-12-16-8-17(31)11-30(16)2/h3-7,9-10,16-17H,8,11-12,24H2,1-2H3,(H,28,32)(H2,26,27,29)/t16-,17-,23?/m0/s1. The van der Waals surface area contributed by atoms with E-state index in [-0.39, 0.29) is 0 Å². The maximum Gasteiger partial charge on any atom is 0.417 e. The lowest BCUT2D eigenvalue weighted by atomic mass is 9.92. The molecule has 0 amide bonds. The lowest BCUT2D eigenvalue weighted by Crippen LogP contribution is -2.57. The minimum absolute atomic E-state index is 0.487. The fourth-order valence-corrected chi connectivity index (χ4v) is 5.05. The number of guanidine groups is 1. The number of aliphatic imine (C=N–C) groups is 1. The maximum atomic E-state index is 11.5. The van der Waals surface area contributed by atoms with E-state index in [1.807, 2.05) is 37.4 Å². The molecule has 0 radical (unpaired) electrons. The number of piperazine rings is 1. The summed E-state index contributed by atoms with van der Waals surface area (Å²) in [6, 6.07) is 10.6. The number of anilines is 2. The van der Waals surface area contributed by atoms with Crippen LogP contribution >= 0.6 is 0 Å². The van der Waals surface area contributed by atoms with Gasteiger partial charge in [0.25, 0.3) is 0 Å². The molecular weight excluding hydrogens is 420 g/mol. The summed E-state index contributed by atoms with van der Waals surface area (Å²) in [5.74, 6) is 1.03. The van der Waals surface area contributed by atoms with Crippen LogP contribution in [0.15, 0.2) is 62.5 Å². The van der Waals surface area contributed by atoms with E-state index in [1.54, 1.807) is 12.3 Å². The summed E-state index contributed by atoms with van der Waals surface area (Å²) in [5.41, 5.74) is 9.28. The summed E-state index contributed by atoms with van der Waals surface area (Å²) in [5, 5.41) is 6.57. The van der Waals surface area contributed by atoms with Crippen LogP contribution in [-0.4, -0.2) is 53.0 Å². The largest absolute Gasteiger partial charge is 0.417 e. The number of H-pyrrole nitrogens is 1. The van der Waals surface area contributed by atoms with E-state index >= 15 is 0 Å². The number of hydrogen-bond donors (Lipinski definition) is 4. The summed E-state index contributed by atoms with van der Waals surface area (Å²) in [6.07, 6.45) is 4.77. The number of likely N-dealkylation sites (N-methyl/N-ethyl adjacent to an activating group) is 1. The normalized spacial score (nSPS) is 26.9. The van der Waals surface area contributed by atoms with Gasteiger partial charge in [0, 0.05) is 31.4 Å². The number of hydrogen-bond acceptors (Lipinski definition) is 9. The van der Waals surface area contributed by atoms with Gasteiger partial charge in [0.2, 0.25) is 5.96 Å². The minimum atomic E-state index is -0.999. The Morgan fingerprint density at radius 1 is 1.24 bits per heavy atom. The number of pyridine rings is 1. The molecule has 2 bridgehead atoms. The fourth-order valence-electron chi connectivity index (χ4n) is 5.05. The van der Waals surface area contributed by atoms with Gasteiger partial charge in [-0.25, -0.2) is 14.8 Å². The molecule has 33 heavy (non-hydrogen) atoms. The van der Waals surface area contributed by atoms with Crippen LogP contribution < -0.4 is 27.0 Å². The van der Waals surface area contributed by atoms with E-state index in [9.17, 15) is 4.79 Å². The zero-order valence-electron chi connectivity index (χ0n) is 18.5. The van der Waals surface area contributed by atoms with Crippen molar-refractivity contribution in [2.45, 2.75) is 31.1 Å². The number of nitrogens with two attached hydrogens (primary N) is 1. The van der Waals surface area contributed by atoms with E-state index < -0.39 is 11.4 Å². The van der Waals surface area contributed by atoms with Gasteiger partial charge < -0.3 is 25.7 Å². The molecule has 3 aromatic rings. The zero-order chi connectivity index (χ0) is 22.7. The van der Waals surface area contributed by atoms with Crippen LogP contribution in [-0.2, 0) is 5.66 Å². The molecule has 5 heterocycles. The van der Waals surface area contributed by atoms with Crippen LogP contribution in [0, 0.1) is 0 Å². The highest BCUT2D eigenvalue weighted by Crippen LogP contribution is 2.33. The van der Waals surface area contributed by atoms with E-state index in [0.717, 1.165) is 35.7 Å². The van der Waals surface area contributed by atoms with Gasteiger partial charge in [0.05, 0.1) is 17.4 Å². The van der Waals surface area contributed by atoms with Gasteiger partial charge in [0.15, 0.2) is 5.58 Å². The van der Waals surface area contributed by atoms with Gasteiger partial charge in [0.1, 0.15) is 11.5 Å². The van der Waals surface area contributed by atoms with Crippen molar-refractivity contribution in [2.75, 3.05) is 30.4 Å². The molecule has 3 aliphatic rings. The minimum Gasteiger partial charge on any atom is -0.408 e. The van der Waals surface area contributed by atoms with Crippen LogP contribution in [0.5, 0.6) is 0 Å². The van der Waals surface area contributed by atoms with E-state index in [4.69, 9.17) is 10.2 Å². The predicted octanol–water partition coefficient (Wildman–Crippen LogP) is 1.50. The van der Waals surface area contributed by atoms with Crippen LogP contribution in [0.4, 0.5) is 11.5 Å². The molecule has 6 rings (SSSR count). The quantitative estimate of drug-likeness (QED) is 0.477. The van der Waals surface area contributed by atoms with E-state index in [1.165, 1.54) is 6.42 Å². The first-order valence-corrected chi connectivity index (χ1v) is 11.0. The topological polar surface area (TPSA) is 128 Å². The first-order chi connectivity index (χ1) is 15.9. The number of fused-ring (bicyclic) bond motifs is 3. The number of aromatic amines is 1. The van der Waals surface area contributed by atoms with Crippen molar-refractivity contribution in [1.29, 1.82) is 0 Å². The summed E-state index contributed by atoms with van der Waals surface area (Å²) >= 11 is 0. The molecular formula is C23H26N8O2. The monoisotopic (exact) mass is 446 g/mol. The Morgan fingerprint density at radius 3 is 2.85 bits per heavy atom. The van der Waals surface area contributed by atoms with Crippen molar-refractivity contribution in [3.8, 4) is 0 Å². The molecule has 1 aromatic carbocycles. The van der Waals surface area contributed by atoms with Crippen molar-refractivity contribution >= 4 is 28.6 Å². The molecule has 2 saturated heterocycles. The number of benzene rings is 1. The van der Waals surface area contributed by atoms with Crippen molar-refractivity contribution < 1.29 is 4.42 Å². The van der Waals surface area contributed by atoms with Gasteiger partial charge >= 0.3 is 5.76 Å². The summed E-state index contributed by atoms with van der Waals surface area (Å²) in [6.45, 7) is 4.03. The number of nitrogens with one attached hydrogen (secondary N) is 3. The summed E-state index contributed by atoms with van der Waals surface area (Å²) < 4.78 is 5.10. The molecule has 2 aromatic heterocycles. The predicted molar refractivity (Wildman–Crippen MR) is 127 cm³/mol. The molecule has 0 saturated carbocycles. The first kappa shape index (κ1) is 20.0. The number of rotatable bonds is 3. The van der Waals surface area contributed by atoms with Crippen molar-refractivity contribution in [3.05, 3.63) is 64.4 Å². The smallest absolute Gasteiger partial charge is 0.408 e. The lowest BCUT2D eigenvalue weighted by Gasteiger charge is -2.35. The van der Waals surface area contributed by atoms with Crippen LogP contribution in [0.2, 0.25) is 0 Å². The molecule has 3 aliphatic heterocycles. The fraction of sp³-hybridized carbons (Fsp3) is 0.348. The van der Waals surface area contributed by atoms with Gasteiger partial charge in [-0.2, -0.15) is 0 Å². The van der Waals surface area contributed by atoms with Crippen molar-refractivity contribution in [2.24, 2.45) is 10.7 Å². The van der Waals surface area contributed by atoms with Crippen LogP contribution in [0.3, 0.4) is 0 Å². The molecule has 2 fully saturated rings. The Balaban J connectivity index is 1.20. The molecule has 10 nitrogen and oxygen atoms in total. The molecule has 1 unspecified atom stereocenters. The lowest BCUT2D eigenvalue weighted by molar-refractivity contribution is 0.292. The molecule has 3 atom stereocenters. The second-order valence-corrected chi connectivity index (χ2v) is 9.11. The third-order valence-electron chi connectivity index (χ3n) is 7.02. The Bertz CT molecular complexity index is 1340. The van der Waals surface area contributed by atoms with Gasteiger partial charge in [-0.05, 0) is 55.8 Å². The Kier molecular flexibility index (Phi) is 4.36. The molecule has 0 aliphatic carbocycles. The summed E-state index contributed by atoms with van der Waals surface area (Å²) in [4.78, 5) is 28.2. The van der Waals surface area contributed by atoms with E-state index in [0.29, 0.717) is 29.1 Å². The molecule has 170 valence electrons. The molecule has 0 spiro atoms. The average molecular weight is 447 g/mol. The van der Waals surface area contributed by atoms with E-state index in [2.05, 4.69) is 42.4 Å². The van der Waals surface area contributed by atoms with Gasteiger partial charge in [-0.1, -0.05) is 6.07 Å². The number of nitrogens with zero attached hydrogens (tertiary/aromatic N) is 4. The van der Waals surface area contributed by atoms with Crippen molar-refractivity contribution in [1.82, 2.24) is 20.2 Å². The van der Waals surface area contributed by atoms with Gasteiger partial charge in [-0.15, -0.1) is 0 Å². The third kappa shape index (κ3) is 3.30. The van der Waals surface area contributed by atoms with Crippen LogP contribution in [0.25, 0.3) is 11.1 Å². The molecule has 5 N–H and O–H groups in total. The summed E-state index contributed by atoms with van der Waals surface area (Å²) in [7, 11) is 2.20. The zero-order valence-corrected chi connectivity index (χ0v) is 18.5. The van der Waals surface area contributed by atoms with Gasteiger partial charge in [-0.3, -0.25) is 9.88 Å². The molecule has 10 heteroatoms. The highest BCUT2D eigenvalue weighted by atomic mass is 16.4. The maximum absolute atomic E-state index is 11.5. The number of aromatic nitrogens is 2. The second-order valence-electron chi connectivity index (χ2n) is 9.11.